The molecule has 0 saturated heterocycles. The number of hydrogen-bond acceptors (Lipinski definition) is 6. The highest BCUT2D eigenvalue weighted by molar-refractivity contribution is 6.16. The van der Waals surface area contributed by atoms with Crippen LogP contribution in [0, 0.1) is 12.3 Å². The predicted molar refractivity (Wildman–Crippen MR) is 168 cm³/mol. The minimum absolute atomic E-state index is 0.151. The third-order valence-electron chi connectivity index (χ3n) is 7.63. The van der Waals surface area contributed by atoms with Gasteiger partial charge in [-0.3, -0.25) is 10.2 Å². The number of carboxylic acids is 1. The SMILES string of the molecule is CN/C(C)=C\C(=N)Nc1ncc(C)c(-c2c[nH]c3c(N4Cc5c(cccc5-c5ccccc5C(=O)O)C4=O)cccc23)n1. The standard InChI is InChI=1S/C33H29N7O3/c1-18-15-37-33(38-28(34)14-19(2)35-3)39-29(18)25-16-36-30-22(25)11-7-13-27(30)40-17-26-21(10-6-12-23(26)31(40)41)20-8-4-5-9-24(20)32(42)43/h4-16,35-36H,17H2,1-3H3,(H,42,43)(H2,34,37,38,39)/b19-14-. The topological polar surface area (TPSA) is 147 Å². The van der Waals surface area contributed by atoms with Crippen molar-refractivity contribution in [2.24, 2.45) is 0 Å². The first-order valence-electron chi connectivity index (χ1n) is 13.7. The maximum absolute atomic E-state index is 13.8. The van der Waals surface area contributed by atoms with Gasteiger partial charge in [0.15, 0.2) is 0 Å². The fourth-order valence-electron chi connectivity index (χ4n) is 5.46. The molecular formula is C33H29N7O3. The van der Waals surface area contributed by atoms with Gasteiger partial charge in [0, 0.05) is 41.7 Å². The number of amidine groups is 1. The van der Waals surface area contributed by atoms with E-state index in [4.69, 9.17) is 10.4 Å². The number of aryl methyl sites for hydroxylation is 1. The van der Waals surface area contributed by atoms with Crippen molar-refractivity contribution in [1.29, 1.82) is 5.41 Å². The maximum Gasteiger partial charge on any atom is 0.336 e. The predicted octanol–water partition coefficient (Wildman–Crippen LogP) is 5.97. The number of anilines is 2. The molecule has 3 aromatic carbocycles. The highest BCUT2D eigenvalue weighted by atomic mass is 16.4. The Balaban J connectivity index is 1.38. The summed E-state index contributed by atoms with van der Waals surface area (Å²) in [5.41, 5.74) is 7.55. The quantitative estimate of drug-likeness (QED) is 0.119. The monoisotopic (exact) mass is 571 g/mol. The van der Waals surface area contributed by atoms with Crippen LogP contribution in [-0.4, -0.2) is 44.8 Å². The van der Waals surface area contributed by atoms with Gasteiger partial charge in [0.2, 0.25) is 5.95 Å². The van der Waals surface area contributed by atoms with E-state index in [1.807, 2.05) is 44.3 Å². The van der Waals surface area contributed by atoms with Gasteiger partial charge < -0.3 is 25.6 Å². The maximum atomic E-state index is 13.8. The van der Waals surface area contributed by atoms with Gasteiger partial charge in [-0.2, -0.15) is 0 Å². The van der Waals surface area contributed by atoms with Gasteiger partial charge in [0.1, 0.15) is 5.84 Å². The van der Waals surface area contributed by atoms with E-state index >= 15 is 0 Å². The summed E-state index contributed by atoms with van der Waals surface area (Å²) in [6.45, 7) is 4.09. The molecular weight excluding hydrogens is 542 g/mol. The Bertz CT molecular complexity index is 1970. The number of aromatic amines is 1. The zero-order chi connectivity index (χ0) is 30.2. The number of H-pyrrole nitrogens is 1. The first kappa shape index (κ1) is 27.4. The van der Waals surface area contributed by atoms with Crippen LogP contribution in [0.2, 0.25) is 0 Å². The molecule has 6 rings (SSSR count). The fraction of sp³-hybridized carbons (Fsp3) is 0.121. The van der Waals surface area contributed by atoms with Gasteiger partial charge in [0.05, 0.1) is 29.0 Å². The summed E-state index contributed by atoms with van der Waals surface area (Å²) in [4.78, 5) is 39.9. The molecule has 3 heterocycles. The Labute approximate surface area is 247 Å². The number of amides is 1. The average Bonchev–Trinajstić information content (AvgIpc) is 3.59. The van der Waals surface area contributed by atoms with E-state index in [-0.39, 0.29) is 17.3 Å². The summed E-state index contributed by atoms with van der Waals surface area (Å²) in [6, 6.07) is 18.1. The van der Waals surface area contributed by atoms with Crippen LogP contribution in [0.15, 0.2) is 84.8 Å². The zero-order valence-corrected chi connectivity index (χ0v) is 23.8. The number of fused-ring (bicyclic) bond motifs is 2. The van der Waals surface area contributed by atoms with Crippen LogP contribution in [-0.2, 0) is 6.54 Å². The number of carboxylic acid groups (broad SMARTS) is 1. The summed E-state index contributed by atoms with van der Waals surface area (Å²) < 4.78 is 0. The first-order chi connectivity index (χ1) is 20.8. The summed E-state index contributed by atoms with van der Waals surface area (Å²) in [5, 5.41) is 24.8. The van der Waals surface area contributed by atoms with Gasteiger partial charge in [-0.05, 0) is 60.4 Å². The number of aromatic carboxylic acids is 1. The molecule has 0 radical (unpaired) electrons. The van der Waals surface area contributed by atoms with Crippen LogP contribution >= 0.6 is 0 Å². The number of hydrogen-bond donors (Lipinski definition) is 5. The van der Waals surface area contributed by atoms with Crippen LogP contribution in [0.4, 0.5) is 11.6 Å². The lowest BCUT2D eigenvalue weighted by molar-refractivity contribution is 0.0697. The second-order valence-electron chi connectivity index (χ2n) is 10.3. The lowest BCUT2D eigenvalue weighted by Gasteiger charge is -2.17. The van der Waals surface area contributed by atoms with Crippen LogP contribution in [0.1, 0.15) is 38.8 Å². The zero-order valence-electron chi connectivity index (χ0n) is 23.8. The molecule has 5 aromatic rings. The molecule has 10 nitrogen and oxygen atoms in total. The summed E-state index contributed by atoms with van der Waals surface area (Å²) in [5.74, 6) is -0.713. The van der Waals surface area contributed by atoms with Gasteiger partial charge >= 0.3 is 5.97 Å². The molecule has 2 aromatic heterocycles. The lowest BCUT2D eigenvalue weighted by atomic mass is 9.93. The van der Waals surface area contributed by atoms with E-state index in [0.717, 1.165) is 38.9 Å². The molecule has 0 aliphatic carbocycles. The van der Waals surface area contributed by atoms with Gasteiger partial charge in [0.25, 0.3) is 5.91 Å². The van der Waals surface area contributed by atoms with Crippen molar-refractivity contribution in [3.05, 3.63) is 107 Å². The molecule has 0 spiro atoms. The molecule has 0 bridgehead atoms. The van der Waals surface area contributed by atoms with E-state index < -0.39 is 5.97 Å². The van der Waals surface area contributed by atoms with Crippen molar-refractivity contribution < 1.29 is 14.7 Å². The normalized spacial score (nSPS) is 12.9. The minimum Gasteiger partial charge on any atom is -0.478 e. The highest BCUT2D eigenvalue weighted by Crippen LogP contribution is 2.40. The molecule has 1 aliphatic rings. The average molecular weight is 572 g/mol. The molecule has 0 atom stereocenters. The van der Waals surface area contributed by atoms with Crippen molar-refractivity contribution in [1.82, 2.24) is 20.3 Å². The number of para-hydroxylation sites is 1. The van der Waals surface area contributed by atoms with Crippen molar-refractivity contribution >= 4 is 40.3 Å². The molecule has 1 amide bonds. The van der Waals surface area contributed by atoms with Crippen LogP contribution in [0.3, 0.4) is 0 Å². The molecule has 5 N–H and O–H groups in total. The third kappa shape index (κ3) is 4.88. The molecule has 10 heteroatoms. The highest BCUT2D eigenvalue weighted by Gasteiger charge is 2.32. The Morgan fingerprint density at radius 1 is 1.05 bits per heavy atom. The number of carbonyl (C=O) groups is 2. The van der Waals surface area contributed by atoms with Crippen molar-refractivity contribution in [3.63, 3.8) is 0 Å². The van der Waals surface area contributed by atoms with Gasteiger partial charge in [-0.15, -0.1) is 0 Å². The third-order valence-corrected chi connectivity index (χ3v) is 7.63. The summed E-state index contributed by atoms with van der Waals surface area (Å²) in [6.07, 6.45) is 5.23. The number of rotatable bonds is 7. The number of carbonyl (C=O) groups excluding carboxylic acids is 1. The van der Waals surface area contributed by atoms with Crippen molar-refractivity contribution in [2.75, 3.05) is 17.3 Å². The molecule has 43 heavy (non-hydrogen) atoms. The molecule has 214 valence electrons. The van der Waals surface area contributed by atoms with Gasteiger partial charge in [-0.1, -0.05) is 42.5 Å². The Hall–Kier alpha value is -5.77. The van der Waals surface area contributed by atoms with E-state index in [0.29, 0.717) is 35.0 Å². The van der Waals surface area contributed by atoms with Crippen molar-refractivity contribution in [2.45, 2.75) is 20.4 Å². The van der Waals surface area contributed by atoms with E-state index in [2.05, 4.69) is 20.6 Å². The second-order valence-corrected chi connectivity index (χ2v) is 10.3. The first-order valence-corrected chi connectivity index (χ1v) is 13.7. The van der Waals surface area contributed by atoms with Gasteiger partial charge in [-0.25, -0.2) is 14.8 Å². The summed E-state index contributed by atoms with van der Waals surface area (Å²) in [7, 11) is 1.79. The Morgan fingerprint density at radius 3 is 2.58 bits per heavy atom. The molecule has 1 aliphatic heterocycles. The number of benzene rings is 3. The Morgan fingerprint density at radius 2 is 1.79 bits per heavy atom. The van der Waals surface area contributed by atoms with Crippen LogP contribution in [0.5, 0.6) is 0 Å². The smallest absolute Gasteiger partial charge is 0.336 e. The molecule has 0 saturated carbocycles. The molecule has 0 fully saturated rings. The minimum atomic E-state index is -1.02. The summed E-state index contributed by atoms with van der Waals surface area (Å²) >= 11 is 0. The van der Waals surface area contributed by atoms with E-state index in [1.54, 1.807) is 60.6 Å². The number of aromatic nitrogens is 3. The number of nitrogens with zero attached hydrogens (tertiary/aromatic N) is 3. The Kier molecular flexibility index (Phi) is 6.95. The van der Waals surface area contributed by atoms with E-state index in [1.165, 1.54) is 0 Å². The van der Waals surface area contributed by atoms with Crippen molar-refractivity contribution in [3.8, 4) is 22.4 Å². The number of nitrogens with one attached hydrogen (secondary N) is 4. The lowest BCUT2D eigenvalue weighted by Crippen LogP contribution is -2.23. The second kappa shape index (κ2) is 10.9. The van der Waals surface area contributed by atoms with Crippen LogP contribution < -0.4 is 15.5 Å². The largest absolute Gasteiger partial charge is 0.478 e. The molecule has 0 unspecified atom stereocenters. The number of allylic oxidation sites excluding steroid dienone is 1. The fourth-order valence-corrected chi connectivity index (χ4v) is 5.46. The van der Waals surface area contributed by atoms with E-state index in [9.17, 15) is 14.7 Å². The van der Waals surface area contributed by atoms with Crippen LogP contribution in [0.25, 0.3) is 33.3 Å².